The van der Waals surface area contributed by atoms with Gasteiger partial charge < -0.3 is 10.2 Å². The average Bonchev–Trinajstić information content (AvgIpc) is 2.98. The zero-order valence-electron chi connectivity index (χ0n) is 17.4. The van der Waals surface area contributed by atoms with Crippen molar-refractivity contribution in [3.63, 3.8) is 0 Å². The van der Waals surface area contributed by atoms with Crippen LogP contribution in [0.25, 0.3) is 0 Å². The molecule has 8 heteroatoms. The molecule has 0 saturated heterocycles. The summed E-state index contributed by atoms with van der Waals surface area (Å²) in [5, 5.41) is 3.04. The lowest BCUT2D eigenvalue weighted by Gasteiger charge is -2.29. The van der Waals surface area contributed by atoms with Crippen molar-refractivity contribution in [3.8, 4) is 0 Å². The van der Waals surface area contributed by atoms with Gasteiger partial charge in [-0.2, -0.15) is 0 Å². The van der Waals surface area contributed by atoms with Gasteiger partial charge in [0.05, 0.1) is 4.90 Å². The van der Waals surface area contributed by atoms with Gasteiger partial charge in [0.25, 0.3) is 0 Å². The van der Waals surface area contributed by atoms with E-state index in [1.54, 1.807) is 17.0 Å². The molecule has 0 aromatic heterocycles. The summed E-state index contributed by atoms with van der Waals surface area (Å²) < 4.78 is 27.8. The lowest BCUT2D eigenvalue weighted by atomic mass is 9.86. The first-order valence-electron chi connectivity index (χ1n) is 10.4. The van der Waals surface area contributed by atoms with E-state index in [2.05, 4.69) is 17.0 Å². The molecule has 1 aliphatic carbocycles. The number of carbonyl (C=O) groups is 2. The van der Waals surface area contributed by atoms with E-state index in [4.69, 9.17) is 0 Å². The minimum Gasteiger partial charge on any atom is -0.353 e. The normalized spacial score (nSPS) is 24.2. The zero-order chi connectivity index (χ0) is 21.2. The van der Waals surface area contributed by atoms with E-state index in [0.29, 0.717) is 12.3 Å². The molecule has 160 valence electrons. The molecule has 1 heterocycles. The van der Waals surface area contributed by atoms with E-state index in [9.17, 15) is 18.0 Å². The summed E-state index contributed by atoms with van der Waals surface area (Å²) in [6.07, 6.45) is 5.18. The molecule has 2 aliphatic rings. The van der Waals surface area contributed by atoms with Gasteiger partial charge in [-0.15, -0.1) is 0 Å². The molecule has 29 heavy (non-hydrogen) atoms. The molecule has 0 bridgehead atoms. The number of anilines is 1. The lowest BCUT2D eigenvalue weighted by molar-refractivity contribution is -0.122. The molecule has 3 atom stereocenters. The Labute approximate surface area is 173 Å². The molecule has 0 spiro atoms. The van der Waals surface area contributed by atoms with Crippen LogP contribution >= 0.6 is 0 Å². The Kier molecular flexibility index (Phi) is 6.63. The highest BCUT2D eigenvalue weighted by molar-refractivity contribution is 7.89. The van der Waals surface area contributed by atoms with E-state index in [0.717, 1.165) is 30.5 Å². The fourth-order valence-electron chi connectivity index (χ4n) is 4.45. The number of fused-ring (bicyclic) bond motifs is 1. The van der Waals surface area contributed by atoms with Crippen molar-refractivity contribution in [2.24, 2.45) is 5.92 Å². The first kappa shape index (κ1) is 21.8. The summed E-state index contributed by atoms with van der Waals surface area (Å²) in [6, 6.07) is 5.03. The fraction of sp³-hybridized carbons (Fsp3) is 0.619. The van der Waals surface area contributed by atoms with Crippen molar-refractivity contribution in [2.75, 3.05) is 11.4 Å². The van der Waals surface area contributed by atoms with Crippen LogP contribution < -0.4 is 14.9 Å². The minimum atomic E-state index is -3.71. The second-order valence-electron chi connectivity index (χ2n) is 8.32. The first-order chi connectivity index (χ1) is 13.7. The molecule has 0 radical (unpaired) electrons. The molecule has 3 rings (SSSR count). The number of hydrogen-bond acceptors (Lipinski definition) is 4. The Hall–Kier alpha value is -1.93. The summed E-state index contributed by atoms with van der Waals surface area (Å²) in [5.74, 6) is 0.294. The summed E-state index contributed by atoms with van der Waals surface area (Å²) >= 11 is 0. The largest absolute Gasteiger partial charge is 0.353 e. The molecular weight excluding hydrogens is 390 g/mol. The van der Waals surface area contributed by atoms with Gasteiger partial charge in [-0.05, 0) is 55.9 Å². The Balaban J connectivity index is 1.57. The van der Waals surface area contributed by atoms with Crippen LogP contribution in [0, 0.1) is 5.92 Å². The van der Waals surface area contributed by atoms with Gasteiger partial charge in [-0.3, -0.25) is 9.59 Å². The van der Waals surface area contributed by atoms with Crippen LogP contribution in [0.15, 0.2) is 23.1 Å². The number of carbonyl (C=O) groups excluding carboxylic acids is 2. The van der Waals surface area contributed by atoms with Crippen LogP contribution in [0.1, 0.15) is 58.4 Å². The van der Waals surface area contributed by atoms with Crippen LogP contribution in [0.3, 0.4) is 0 Å². The average molecular weight is 422 g/mol. The quantitative estimate of drug-likeness (QED) is 0.737. The second-order valence-corrected chi connectivity index (χ2v) is 10.1. The number of benzene rings is 1. The number of nitrogens with one attached hydrogen (secondary N) is 2. The summed E-state index contributed by atoms with van der Waals surface area (Å²) in [4.78, 5) is 25.9. The van der Waals surface area contributed by atoms with Crippen LogP contribution in [0.2, 0.25) is 0 Å². The van der Waals surface area contributed by atoms with Gasteiger partial charge in [0.2, 0.25) is 21.8 Å². The third-order valence-corrected chi connectivity index (χ3v) is 7.48. The maximum absolute atomic E-state index is 12.6. The predicted molar refractivity (Wildman–Crippen MR) is 112 cm³/mol. The summed E-state index contributed by atoms with van der Waals surface area (Å²) in [7, 11) is -3.71. The highest BCUT2D eigenvalue weighted by atomic mass is 32.2. The van der Waals surface area contributed by atoms with Crippen molar-refractivity contribution >= 4 is 27.5 Å². The number of sulfonamides is 1. The Morgan fingerprint density at radius 2 is 1.90 bits per heavy atom. The SMILES string of the molecule is CC(=O)N1c2ccc(S(=O)(=O)NCCC(=O)NC3CCCCC3C)cc2CC1C. The van der Waals surface area contributed by atoms with E-state index >= 15 is 0 Å². The van der Waals surface area contributed by atoms with Gasteiger partial charge in [0.1, 0.15) is 0 Å². The molecule has 1 aromatic carbocycles. The summed E-state index contributed by atoms with van der Waals surface area (Å²) in [5.41, 5.74) is 1.62. The smallest absolute Gasteiger partial charge is 0.240 e. The van der Waals surface area contributed by atoms with E-state index in [1.807, 2.05) is 6.92 Å². The maximum atomic E-state index is 12.6. The molecule has 1 aliphatic heterocycles. The van der Waals surface area contributed by atoms with E-state index < -0.39 is 10.0 Å². The van der Waals surface area contributed by atoms with Crippen LogP contribution in [0.4, 0.5) is 5.69 Å². The molecule has 3 unspecified atom stereocenters. The van der Waals surface area contributed by atoms with Gasteiger partial charge in [-0.25, -0.2) is 13.1 Å². The summed E-state index contributed by atoms with van der Waals surface area (Å²) in [6.45, 7) is 5.66. The predicted octanol–water partition coefficient (Wildman–Crippen LogP) is 2.35. The highest BCUT2D eigenvalue weighted by Gasteiger charge is 2.30. The van der Waals surface area contributed by atoms with Crippen LogP contribution in [-0.4, -0.2) is 38.9 Å². The Morgan fingerprint density at radius 1 is 1.17 bits per heavy atom. The first-order valence-corrected chi connectivity index (χ1v) is 11.9. The lowest BCUT2D eigenvalue weighted by Crippen LogP contribution is -2.42. The fourth-order valence-corrected chi connectivity index (χ4v) is 5.53. The van der Waals surface area contributed by atoms with Crippen LogP contribution in [0.5, 0.6) is 0 Å². The Bertz CT molecular complexity index is 884. The molecular formula is C21H31N3O4S. The van der Waals surface area contributed by atoms with Crippen LogP contribution in [-0.2, 0) is 26.0 Å². The van der Waals surface area contributed by atoms with Gasteiger partial charge in [-0.1, -0.05) is 19.8 Å². The Morgan fingerprint density at radius 3 is 2.59 bits per heavy atom. The molecule has 2 amide bonds. The van der Waals surface area contributed by atoms with Crippen molar-refractivity contribution in [2.45, 2.75) is 76.3 Å². The van der Waals surface area contributed by atoms with Crippen molar-refractivity contribution in [1.82, 2.24) is 10.0 Å². The van der Waals surface area contributed by atoms with Gasteiger partial charge >= 0.3 is 0 Å². The number of amides is 2. The molecule has 2 N–H and O–H groups in total. The molecule has 7 nitrogen and oxygen atoms in total. The maximum Gasteiger partial charge on any atom is 0.240 e. The molecule has 1 saturated carbocycles. The third kappa shape index (κ3) is 4.98. The van der Waals surface area contributed by atoms with Crippen molar-refractivity contribution < 1.29 is 18.0 Å². The number of nitrogens with zero attached hydrogens (tertiary/aromatic N) is 1. The van der Waals surface area contributed by atoms with Crippen molar-refractivity contribution in [3.05, 3.63) is 23.8 Å². The standard InChI is InChI=1S/C21H31N3O4S/c1-14-6-4-5-7-19(14)23-21(26)10-11-22-29(27,28)18-8-9-20-17(13-18)12-15(2)24(20)16(3)25/h8-9,13-15,19,22H,4-7,10-12H2,1-3H3,(H,23,26). The second kappa shape index (κ2) is 8.83. The van der Waals surface area contributed by atoms with E-state index in [1.165, 1.54) is 19.4 Å². The number of rotatable bonds is 6. The highest BCUT2D eigenvalue weighted by Crippen LogP contribution is 2.33. The zero-order valence-corrected chi connectivity index (χ0v) is 18.2. The topological polar surface area (TPSA) is 95.6 Å². The monoisotopic (exact) mass is 421 g/mol. The third-order valence-electron chi connectivity index (χ3n) is 6.02. The molecule has 1 aromatic rings. The van der Waals surface area contributed by atoms with Gasteiger partial charge in [0.15, 0.2) is 0 Å². The van der Waals surface area contributed by atoms with Crippen molar-refractivity contribution in [1.29, 1.82) is 0 Å². The number of hydrogen-bond donors (Lipinski definition) is 2. The van der Waals surface area contributed by atoms with E-state index in [-0.39, 0.29) is 41.8 Å². The minimum absolute atomic E-state index is 0.0132. The molecule has 1 fully saturated rings. The van der Waals surface area contributed by atoms with Gasteiger partial charge in [0, 0.05) is 37.7 Å².